The van der Waals surface area contributed by atoms with E-state index in [2.05, 4.69) is 0 Å². The number of halogens is 2. The molecule has 1 unspecified atom stereocenters. The minimum Gasteiger partial charge on any atom is -0.481 e. The highest BCUT2D eigenvalue weighted by atomic mass is 35.5. The van der Waals surface area contributed by atoms with Crippen molar-refractivity contribution in [3.63, 3.8) is 0 Å². The Bertz CT molecular complexity index is 412. The van der Waals surface area contributed by atoms with Crippen molar-refractivity contribution in [1.29, 1.82) is 0 Å². The minimum absolute atomic E-state index is 0.0265. The largest absolute Gasteiger partial charge is 0.481 e. The molecule has 1 aromatic carbocycles. The third kappa shape index (κ3) is 4.63. The molecule has 0 bridgehead atoms. The van der Waals surface area contributed by atoms with E-state index < -0.39 is 17.7 Å². The third-order valence-corrected chi connectivity index (χ3v) is 3.11. The standard InChI is InChI=1S/C13H17ClFNO2/c14-11-8-9(4-5-12(11)15)7-10(13(17)18)3-1-2-6-16/h4-5,8,10H,1-3,6-7,16H2,(H,17,18). The summed E-state index contributed by atoms with van der Waals surface area (Å²) in [6.45, 7) is 0.564. The first-order valence-corrected chi connectivity index (χ1v) is 6.29. The predicted octanol–water partition coefficient (Wildman–Crippen LogP) is 2.85. The molecular formula is C13H17ClFNO2. The average Bonchev–Trinajstić information content (AvgIpc) is 2.32. The Morgan fingerprint density at radius 2 is 2.17 bits per heavy atom. The van der Waals surface area contributed by atoms with Gasteiger partial charge in [0.1, 0.15) is 5.82 Å². The summed E-state index contributed by atoms with van der Waals surface area (Å²) in [5, 5.41) is 9.15. The number of carboxylic acid groups (broad SMARTS) is 1. The smallest absolute Gasteiger partial charge is 0.306 e. The molecule has 3 nitrogen and oxygen atoms in total. The molecule has 0 saturated carbocycles. The molecule has 0 radical (unpaired) electrons. The van der Waals surface area contributed by atoms with Crippen LogP contribution in [0.25, 0.3) is 0 Å². The fraction of sp³-hybridized carbons (Fsp3) is 0.462. The van der Waals surface area contributed by atoms with Gasteiger partial charge in [-0.05, 0) is 43.5 Å². The van der Waals surface area contributed by atoms with E-state index in [1.807, 2.05) is 0 Å². The van der Waals surface area contributed by atoms with Crippen LogP contribution in [0.1, 0.15) is 24.8 Å². The van der Waals surface area contributed by atoms with Crippen molar-refractivity contribution in [2.24, 2.45) is 11.7 Å². The molecule has 0 aliphatic rings. The maximum absolute atomic E-state index is 13.0. The molecule has 0 saturated heterocycles. The van der Waals surface area contributed by atoms with Gasteiger partial charge >= 0.3 is 5.97 Å². The summed E-state index contributed by atoms with van der Waals surface area (Å²) >= 11 is 5.66. The maximum atomic E-state index is 13.0. The lowest BCUT2D eigenvalue weighted by atomic mass is 9.94. The van der Waals surface area contributed by atoms with Gasteiger partial charge in [-0.3, -0.25) is 4.79 Å². The topological polar surface area (TPSA) is 63.3 Å². The van der Waals surface area contributed by atoms with Crippen LogP contribution in [0.15, 0.2) is 18.2 Å². The first-order valence-electron chi connectivity index (χ1n) is 5.91. The van der Waals surface area contributed by atoms with E-state index in [1.54, 1.807) is 6.07 Å². The van der Waals surface area contributed by atoms with Gasteiger partial charge in [-0.1, -0.05) is 24.1 Å². The molecule has 0 fully saturated rings. The number of benzene rings is 1. The van der Waals surface area contributed by atoms with Crippen LogP contribution >= 0.6 is 11.6 Å². The fourth-order valence-corrected chi connectivity index (χ4v) is 2.00. The van der Waals surface area contributed by atoms with Crippen molar-refractivity contribution >= 4 is 17.6 Å². The van der Waals surface area contributed by atoms with Crippen molar-refractivity contribution in [2.75, 3.05) is 6.54 Å². The highest BCUT2D eigenvalue weighted by Gasteiger charge is 2.18. The summed E-state index contributed by atoms with van der Waals surface area (Å²) in [4.78, 5) is 11.1. The fourth-order valence-electron chi connectivity index (χ4n) is 1.80. The van der Waals surface area contributed by atoms with Gasteiger partial charge in [-0.2, -0.15) is 0 Å². The van der Waals surface area contributed by atoms with E-state index in [0.717, 1.165) is 18.4 Å². The molecule has 0 spiro atoms. The second kappa shape index (κ2) is 7.34. The zero-order valence-corrected chi connectivity index (χ0v) is 10.8. The molecule has 100 valence electrons. The van der Waals surface area contributed by atoms with E-state index >= 15 is 0 Å². The summed E-state index contributed by atoms with van der Waals surface area (Å²) < 4.78 is 13.0. The number of nitrogens with two attached hydrogens (primary N) is 1. The number of unbranched alkanes of at least 4 members (excludes halogenated alkanes) is 1. The lowest BCUT2D eigenvalue weighted by Gasteiger charge is -2.12. The summed E-state index contributed by atoms with van der Waals surface area (Å²) in [7, 11) is 0. The molecule has 18 heavy (non-hydrogen) atoms. The molecule has 0 heterocycles. The van der Waals surface area contributed by atoms with Gasteiger partial charge in [0, 0.05) is 0 Å². The molecule has 0 aliphatic heterocycles. The molecule has 3 N–H and O–H groups in total. The van der Waals surface area contributed by atoms with Gasteiger partial charge < -0.3 is 10.8 Å². The summed E-state index contributed by atoms with van der Waals surface area (Å²) in [5.74, 6) is -1.80. The van der Waals surface area contributed by atoms with Crippen molar-refractivity contribution < 1.29 is 14.3 Å². The molecular weight excluding hydrogens is 257 g/mol. The SMILES string of the molecule is NCCCCC(Cc1ccc(F)c(Cl)c1)C(=O)O. The van der Waals surface area contributed by atoms with Gasteiger partial charge in [-0.15, -0.1) is 0 Å². The monoisotopic (exact) mass is 273 g/mol. The molecule has 1 atom stereocenters. The molecule has 0 aromatic heterocycles. The lowest BCUT2D eigenvalue weighted by molar-refractivity contribution is -0.142. The molecule has 0 aliphatic carbocycles. The Balaban J connectivity index is 2.64. The van der Waals surface area contributed by atoms with E-state index in [1.165, 1.54) is 12.1 Å². The van der Waals surface area contributed by atoms with Crippen molar-refractivity contribution in [3.8, 4) is 0 Å². The lowest BCUT2D eigenvalue weighted by Crippen LogP contribution is -2.17. The first-order chi connectivity index (χ1) is 8.54. The Kier molecular flexibility index (Phi) is 6.09. The highest BCUT2D eigenvalue weighted by Crippen LogP contribution is 2.20. The van der Waals surface area contributed by atoms with E-state index in [4.69, 9.17) is 22.4 Å². The number of rotatable bonds is 7. The molecule has 1 rings (SSSR count). The third-order valence-electron chi connectivity index (χ3n) is 2.82. The minimum atomic E-state index is -0.840. The second-order valence-electron chi connectivity index (χ2n) is 4.27. The highest BCUT2D eigenvalue weighted by molar-refractivity contribution is 6.30. The first kappa shape index (κ1) is 14.9. The Labute approximate surface area is 111 Å². The van der Waals surface area contributed by atoms with Gasteiger partial charge in [0.25, 0.3) is 0 Å². The normalized spacial score (nSPS) is 12.4. The van der Waals surface area contributed by atoms with Crippen LogP contribution < -0.4 is 5.73 Å². The predicted molar refractivity (Wildman–Crippen MR) is 69.1 cm³/mol. The molecule has 0 amide bonds. The van der Waals surface area contributed by atoms with Crippen LogP contribution in [0.5, 0.6) is 0 Å². The number of carboxylic acids is 1. The summed E-state index contributed by atoms with van der Waals surface area (Å²) in [6, 6.07) is 4.31. The van der Waals surface area contributed by atoms with Crippen LogP contribution in [-0.4, -0.2) is 17.6 Å². The zero-order valence-electron chi connectivity index (χ0n) is 10.0. The summed E-state index contributed by atoms with van der Waals surface area (Å²) in [6.07, 6.45) is 2.53. The van der Waals surface area contributed by atoms with Crippen LogP contribution in [0.4, 0.5) is 4.39 Å². The molecule has 5 heteroatoms. The average molecular weight is 274 g/mol. The number of carbonyl (C=O) groups is 1. The van der Waals surface area contributed by atoms with Gasteiger partial charge in [0.2, 0.25) is 0 Å². The Morgan fingerprint density at radius 3 is 2.72 bits per heavy atom. The van der Waals surface area contributed by atoms with Crippen LogP contribution in [0.2, 0.25) is 5.02 Å². The molecule has 1 aromatic rings. The zero-order chi connectivity index (χ0) is 13.5. The number of aliphatic carboxylic acids is 1. The van der Waals surface area contributed by atoms with Gasteiger partial charge in [-0.25, -0.2) is 4.39 Å². The Morgan fingerprint density at radius 1 is 1.44 bits per heavy atom. The van der Waals surface area contributed by atoms with Crippen LogP contribution in [-0.2, 0) is 11.2 Å². The van der Waals surface area contributed by atoms with E-state index in [-0.39, 0.29) is 5.02 Å². The van der Waals surface area contributed by atoms with Gasteiger partial charge in [0.05, 0.1) is 10.9 Å². The second-order valence-corrected chi connectivity index (χ2v) is 4.68. The quantitative estimate of drug-likeness (QED) is 0.751. The summed E-state index contributed by atoms with van der Waals surface area (Å²) in [5.41, 5.74) is 6.11. The van der Waals surface area contributed by atoms with Crippen molar-refractivity contribution in [1.82, 2.24) is 0 Å². The van der Waals surface area contributed by atoms with Crippen LogP contribution in [0, 0.1) is 11.7 Å². The maximum Gasteiger partial charge on any atom is 0.306 e. The van der Waals surface area contributed by atoms with Crippen LogP contribution in [0.3, 0.4) is 0 Å². The van der Waals surface area contributed by atoms with Crippen molar-refractivity contribution in [3.05, 3.63) is 34.6 Å². The Hall–Kier alpha value is -1.13. The number of hydrogen-bond donors (Lipinski definition) is 2. The van der Waals surface area contributed by atoms with Gasteiger partial charge in [0.15, 0.2) is 0 Å². The van der Waals surface area contributed by atoms with E-state index in [9.17, 15) is 9.18 Å². The van der Waals surface area contributed by atoms with Crippen molar-refractivity contribution in [2.45, 2.75) is 25.7 Å². The van der Waals surface area contributed by atoms with E-state index in [0.29, 0.717) is 19.4 Å². The number of hydrogen-bond acceptors (Lipinski definition) is 2.